The van der Waals surface area contributed by atoms with Crippen LogP contribution in [0, 0.1) is 0 Å². The minimum atomic E-state index is -4.03. The minimum Gasteiger partial charge on any atom is -0.497 e. The minimum absolute atomic E-state index is 0.0272. The van der Waals surface area contributed by atoms with Crippen molar-refractivity contribution in [2.75, 3.05) is 14.2 Å². The van der Waals surface area contributed by atoms with E-state index in [9.17, 15) is 13.2 Å². The number of ether oxygens (including phenoxy) is 3. The van der Waals surface area contributed by atoms with E-state index in [2.05, 4.69) is 15.0 Å². The summed E-state index contributed by atoms with van der Waals surface area (Å²) in [6.45, 7) is 5.20. The van der Waals surface area contributed by atoms with Crippen LogP contribution in [0.4, 0.5) is 4.79 Å². The fraction of sp³-hybridized carbons (Fsp3) is 0.212. The Balaban J connectivity index is 1.71. The summed E-state index contributed by atoms with van der Waals surface area (Å²) < 4.78 is 44.5. The van der Waals surface area contributed by atoms with Gasteiger partial charge in [0.1, 0.15) is 17.1 Å². The fourth-order valence-electron chi connectivity index (χ4n) is 4.18. The molecule has 4 rings (SSSR count). The third kappa shape index (κ3) is 8.59. The third-order valence-electron chi connectivity index (χ3n) is 6.21. The largest absolute Gasteiger partial charge is 0.497 e. The molecular weight excluding hydrogens is 566 g/mol. The average Bonchev–Trinajstić information content (AvgIpc) is 2.99. The molecule has 2 N–H and O–H groups in total. The molecule has 43 heavy (non-hydrogen) atoms. The number of sulfonamides is 1. The second kappa shape index (κ2) is 13.4. The molecular formula is C33H35N3O6S. The molecule has 4 aromatic rings. The van der Waals surface area contributed by atoms with E-state index in [0.29, 0.717) is 0 Å². The maximum atomic E-state index is 13.1. The van der Waals surface area contributed by atoms with Crippen LogP contribution in [0.25, 0.3) is 22.3 Å². The normalized spacial score (nSPS) is 11.9. The monoisotopic (exact) mass is 601 g/mol. The Bertz CT molecular complexity index is 1680. The predicted molar refractivity (Wildman–Crippen MR) is 168 cm³/mol. The number of nitrogens with one attached hydrogen (secondary N) is 2. The van der Waals surface area contributed by atoms with Crippen LogP contribution >= 0.6 is 0 Å². The van der Waals surface area contributed by atoms with Crippen molar-refractivity contribution >= 4 is 22.1 Å². The van der Waals surface area contributed by atoms with Gasteiger partial charge in [-0.25, -0.2) is 22.9 Å². The number of benzene rings is 4. The first-order valence-corrected chi connectivity index (χ1v) is 15.0. The highest BCUT2D eigenvalue weighted by Gasteiger charge is 2.21. The summed E-state index contributed by atoms with van der Waals surface area (Å²) in [4.78, 5) is 17.0. The highest BCUT2D eigenvalue weighted by Crippen LogP contribution is 2.35. The van der Waals surface area contributed by atoms with E-state index >= 15 is 0 Å². The highest BCUT2D eigenvalue weighted by molar-refractivity contribution is 7.90. The molecule has 4 aromatic carbocycles. The zero-order valence-corrected chi connectivity index (χ0v) is 25.6. The van der Waals surface area contributed by atoms with Crippen LogP contribution in [-0.4, -0.2) is 40.3 Å². The van der Waals surface area contributed by atoms with Crippen LogP contribution in [0.2, 0.25) is 0 Å². The summed E-state index contributed by atoms with van der Waals surface area (Å²) in [6, 6.07) is 29.2. The number of carbonyl (C=O) groups is 1. The lowest BCUT2D eigenvalue weighted by Gasteiger charge is -2.20. The number of hydrogen-bond donors (Lipinski definition) is 2. The lowest BCUT2D eigenvalue weighted by Crippen LogP contribution is -2.45. The van der Waals surface area contributed by atoms with Gasteiger partial charge in [-0.2, -0.15) is 0 Å². The molecule has 0 fully saturated rings. The Morgan fingerprint density at radius 2 is 1.33 bits per heavy atom. The molecule has 0 unspecified atom stereocenters. The van der Waals surface area contributed by atoms with Crippen molar-refractivity contribution < 1.29 is 27.4 Å². The van der Waals surface area contributed by atoms with Crippen LogP contribution in [0.1, 0.15) is 26.3 Å². The molecule has 0 aromatic heterocycles. The molecule has 0 spiro atoms. The van der Waals surface area contributed by atoms with Gasteiger partial charge < -0.3 is 14.2 Å². The van der Waals surface area contributed by atoms with Crippen molar-refractivity contribution in [3.8, 4) is 33.8 Å². The van der Waals surface area contributed by atoms with Crippen LogP contribution in [0.3, 0.4) is 0 Å². The molecule has 10 heteroatoms. The Morgan fingerprint density at radius 3 is 1.86 bits per heavy atom. The summed E-state index contributed by atoms with van der Waals surface area (Å²) >= 11 is 0. The van der Waals surface area contributed by atoms with Gasteiger partial charge in [-0.05, 0) is 91.1 Å². The second-order valence-electron chi connectivity index (χ2n) is 10.5. The summed E-state index contributed by atoms with van der Waals surface area (Å²) in [5.41, 5.74) is 3.85. The van der Waals surface area contributed by atoms with Crippen LogP contribution < -0.4 is 19.5 Å². The Hall–Kier alpha value is -4.83. The molecule has 0 atom stereocenters. The number of aliphatic imine (C=N–C) groups is 1. The number of carbonyl (C=O) groups excluding carboxylic acids is 1. The first-order valence-electron chi connectivity index (χ1n) is 13.5. The number of hydrogen-bond acceptors (Lipinski definition) is 7. The van der Waals surface area contributed by atoms with Gasteiger partial charge in [-0.15, -0.1) is 0 Å². The summed E-state index contributed by atoms with van der Waals surface area (Å²) in [5.74, 6) is 1.23. The number of rotatable bonds is 8. The summed E-state index contributed by atoms with van der Waals surface area (Å²) in [6.07, 6.45) is -0.837. The average molecular weight is 602 g/mol. The van der Waals surface area contributed by atoms with Crippen LogP contribution in [-0.2, 0) is 21.3 Å². The standard InChI is InChI=1S/C33H35N3O6S/c1-33(2,3)42-32(37)35-31(36-43(38,39)28-9-7-6-8-10-28)34-22-23-11-20-29(24-12-16-26(40-4)17-13-24)30(21-23)25-14-18-27(41-5)19-15-25/h6-21H,22H2,1-5H3,(H2,34,35,36,37). The molecule has 0 aliphatic heterocycles. The Labute approximate surface area is 252 Å². The Morgan fingerprint density at radius 1 is 0.767 bits per heavy atom. The van der Waals surface area contributed by atoms with E-state index < -0.39 is 21.7 Å². The molecule has 9 nitrogen and oxygen atoms in total. The topological polar surface area (TPSA) is 115 Å². The lowest BCUT2D eigenvalue weighted by molar-refractivity contribution is 0.0562. The van der Waals surface area contributed by atoms with Gasteiger partial charge >= 0.3 is 6.09 Å². The smallest absolute Gasteiger partial charge is 0.414 e. The van der Waals surface area contributed by atoms with E-state index in [1.54, 1.807) is 53.2 Å². The predicted octanol–water partition coefficient (Wildman–Crippen LogP) is 6.40. The molecule has 0 saturated carbocycles. The second-order valence-corrected chi connectivity index (χ2v) is 12.2. The van der Waals surface area contributed by atoms with Crippen molar-refractivity contribution in [3.63, 3.8) is 0 Å². The molecule has 0 saturated heterocycles. The molecule has 0 radical (unpaired) electrons. The van der Waals surface area contributed by atoms with Crippen molar-refractivity contribution in [3.05, 3.63) is 103 Å². The Kier molecular flexibility index (Phi) is 9.72. The maximum absolute atomic E-state index is 13.1. The van der Waals surface area contributed by atoms with Gasteiger partial charge in [-0.3, -0.25) is 5.32 Å². The molecule has 0 aliphatic carbocycles. The van der Waals surface area contributed by atoms with Crippen molar-refractivity contribution in [2.45, 2.75) is 37.8 Å². The third-order valence-corrected chi connectivity index (χ3v) is 7.56. The van der Waals surface area contributed by atoms with E-state index in [4.69, 9.17) is 14.2 Å². The summed E-state index contributed by atoms with van der Waals surface area (Å²) in [7, 11) is -0.792. The maximum Gasteiger partial charge on any atom is 0.414 e. The number of nitrogens with zero attached hydrogens (tertiary/aromatic N) is 1. The van der Waals surface area contributed by atoms with Gasteiger partial charge in [0, 0.05) is 0 Å². The molecule has 224 valence electrons. The first-order chi connectivity index (χ1) is 20.5. The van der Waals surface area contributed by atoms with Gasteiger partial charge in [0.25, 0.3) is 10.0 Å². The quantitative estimate of drug-likeness (QED) is 0.179. The van der Waals surface area contributed by atoms with Crippen molar-refractivity contribution in [1.82, 2.24) is 10.0 Å². The molecule has 0 aliphatic rings. The van der Waals surface area contributed by atoms with Crippen LogP contribution in [0.5, 0.6) is 11.5 Å². The molecule has 1 amide bonds. The molecule has 0 heterocycles. The summed E-state index contributed by atoms with van der Waals surface area (Å²) in [5, 5.41) is 2.45. The number of alkyl carbamates (subject to hydrolysis) is 1. The fourth-order valence-corrected chi connectivity index (χ4v) is 5.18. The van der Waals surface area contributed by atoms with E-state index in [-0.39, 0.29) is 17.4 Å². The van der Waals surface area contributed by atoms with E-state index in [1.807, 2.05) is 66.7 Å². The zero-order chi connectivity index (χ0) is 31.0. The zero-order valence-electron chi connectivity index (χ0n) is 24.7. The highest BCUT2D eigenvalue weighted by atomic mass is 32.2. The van der Waals surface area contributed by atoms with Gasteiger partial charge in [-0.1, -0.05) is 54.6 Å². The van der Waals surface area contributed by atoms with Crippen LogP contribution in [0.15, 0.2) is 107 Å². The first kappa shape index (κ1) is 31.1. The van der Waals surface area contributed by atoms with E-state index in [1.165, 1.54) is 12.1 Å². The number of amides is 1. The molecule has 0 bridgehead atoms. The van der Waals surface area contributed by atoms with Crippen molar-refractivity contribution in [1.29, 1.82) is 0 Å². The van der Waals surface area contributed by atoms with Gasteiger partial charge in [0.2, 0.25) is 5.96 Å². The number of methoxy groups -OCH3 is 2. The van der Waals surface area contributed by atoms with E-state index in [0.717, 1.165) is 39.3 Å². The van der Waals surface area contributed by atoms with Crippen molar-refractivity contribution in [2.24, 2.45) is 4.99 Å². The van der Waals surface area contributed by atoms with Gasteiger partial charge in [0.05, 0.1) is 25.7 Å². The number of guanidine groups is 1. The lowest BCUT2D eigenvalue weighted by atomic mass is 9.92. The van der Waals surface area contributed by atoms with Gasteiger partial charge in [0.15, 0.2) is 0 Å². The SMILES string of the molecule is COc1ccc(-c2ccc(CN=C(NC(=O)OC(C)(C)C)NS(=O)(=O)c3ccccc3)cc2-c2ccc(OC)cc2)cc1.